The summed E-state index contributed by atoms with van der Waals surface area (Å²) in [6.45, 7) is 2.80. The molecule has 0 fully saturated rings. The molecule has 3 rings (SSSR count). The van der Waals surface area contributed by atoms with Gasteiger partial charge >= 0.3 is 0 Å². The molecule has 0 spiro atoms. The van der Waals surface area contributed by atoms with Crippen LogP contribution in [0.25, 0.3) is 10.8 Å². The first-order chi connectivity index (χ1) is 10.3. The van der Waals surface area contributed by atoms with Crippen LogP contribution in [0.2, 0.25) is 0 Å². The van der Waals surface area contributed by atoms with Crippen molar-refractivity contribution in [2.45, 2.75) is 6.92 Å². The molecule has 0 saturated carbocycles. The monoisotopic (exact) mass is 277 g/mol. The summed E-state index contributed by atoms with van der Waals surface area (Å²) in [7, 11) is 0. The fraction of sp³-hybridized carbons (Fsp3) is 0.118. The van der Waals surface area contributed by atoms with Crippen LogP contribution in [0, 0.1) is 0 Å². The highest BCUT2D eigenvalue weighted by molar-refractivity contribution is 5.95. The van der Waals surface area contributed by atoms with E-state index < -0.39 is 0 Å². The van der Waals surface area contributed by atoms with Crippen LogP contribution in [0.15, 0.2) is 54.9 Å². The zero-order chi connectivity index (χ0) is 14.7. The molecule has 0 aliphatic rings. The van der Waals surface area contributed by atoms with Gasteiger partial charge in [-0.1, -0.05) is 36.4 Å². The zero-order valence-corrected chi connectivity index (χ0v) is 11.7. The van der Waals surface area contributed by atoms with Gasteiger partial charge in [0.15, 0.2) is 6.29 Å². The van der Waals surface area contributed by atoms with Crippen molar-refractivity contribution in [2.24, 2.45) is 0 Å². The Labute approximate surface area is 123 Å². The third-order valence-electron chi connectivity index (χ3n) is 3.41. The summed E-state index contributed by atoms with van der Waals surface area (Å²) in [5, 5.41) is 2.34. The van der Waals surface area contributed by atoms with E-state index in [4.69, 9.17) is 0 Å². The highest BCUT2D eigenvalue weighted by atomic mass is 16.1. The molecule has 0 aliphatic carbocycles. The predicted molar refractivity (Wildman–Crippen MR) is 84.0 cm³/mol. The Balaban J connectivity index is 2.11. The van der Waals surface area contributed by atoms with Crippen molar-refractivity contribution in [1.29, 1.82) is 0 Å². The molecule has 21 heavy (non-hydrogen) atoms. The van der Waals surface area contributed by atoms with Gasteiger partial charge in [0.05, 0.1) is 11.3 Å². The normalized spacial score (nSPS) is 10.5. The summed E-state index contributed by atoms with van der Waals surface area (Å²) in [5.74, 6) is 0.597. The summed E-state index contributed by atoms with van der Waals surface area (Å²) >= 11 is 0. The molecule has 0 amide bonds. The fourth-order valence-corrected chi connectivity index (χ4v) is 2.39. The Morgan fingerprint density at radius 1 is 1.05 bits per heavy atom. The van der Waals surface area contributed by atoms with E-state index in [1.807, 2.05) is 23.1 Å². The van der Waals surface area contributed by atoms with Crippen LogP contribution in [0.3, 0.4) is 0 Å². The van der Waals surface area contributed by atoms with Gasteiger partial charge in [-0.25, -0.2) is 9.97 Å². The second-order valence-electron chi connectivity index (χ2n) is 4.68. The number of fused-ring (bicyclic) bond motifs is 1. The number of nitrogens with zero attached hydrogens (tertiary/aromatic N) is 3. The molecule has 1 heterocycles. The van der Waals surface area contributed by atoms with Crippen molar-refractivity contribution in [3.63, 3.8) is 0 Å². The number of aldehydes is 1. The predicted octanol–water partition coefficient (Wildman–Crippen LogP) is 3.60. The lowest BCUT2D eigenvalue weighted by Gasteiger charge is -2.22. The van der Waals surface area contributed by atoms with Crippen LogP contribution in [-0.2, 0) is 0 Å². The van der Waals surface area contributed by atoms with E-state index in [1.54, 1.807) is 12.4 Å². The Morgan fingerprint density at radius 2 is 1.76 bits per heavy atom. The Morgan fingerprint density at radius 3 is 2.48 bits per heavy atom. The van der Waals surface area contributed by atoms with Gasteiger partial charge in [0.25, 0.3) is 0 Å². The summed E-state index contributed by atoms with van der Waals surface area (Å²) < 4.78 is 0. The minimum atomic E-state index is 0.479. The first kappa shape index (κ1) is 13.2. The molecule has 3 aromatic rings. The molecule has 0 N–H and O–H groups in total. The molecule has 1 aromatic heterocycles. The van der Waals surface area contributed by atoms with E-state index in [-0.39, 0.29) is 0 Å². The van der Waals surface area contributed by atoms with Crippen molar-refractivity contribution in [3.05, 3.63) is 60.4 Å². The number of rotatable bonds is 4. The molecule has 0 radical (unpaired) electrons. The van der Waals surface area contributed by atoms with Crippen molar-refractivity contribution in [2.75, 3.05) is 11.4 Å². The smallest absolute Gasteiger partial charge is 0.229 e. The van der Waals surface area contributed by atoms with E-state index in [9.17, 15) is 4.79 Å². The summed E-state index contributed by atoms with van der Waals surface area (Å²) in [6.07, 6.45) is 3.84. The highest BCUT2D eigenvalue weighted by Crippen LogP contribution is 2.30. The molecule has 0 saturated heterocycles. The second kappa shape index (κ2) is 5.71. The fourth-order valence-electron chi connectivity index (χ4n) is 2.39. The van der Waals surface area contributed by atoms with Gasteiger partial charge in [0.2, 0.25) is 5.95 Å². The third-order valence-corrected chi connectivity index (χ3v) is 3.41. The standard InChI is InChI=1S/C17H15N3O/c1-2-20(17-18-10-13(12-21)11-19-17)16-9-5-7-14-6-3-4-8-15(14)16/h3-12H,2H2,1H3. The van der Waals surface area contributed by atoms with Gasteiger partial charge < -0.3 is 4.90 Å². The summed E-state index contributed by atoms with van der Waals surface area (Å²) in [4.78, 5) is 21.3. The molecule has 4 heteroatoms. The van der Waals surface area contributed by atoms with Crippen LogP contribution in [-0.4, -0.2) is 22.8 Å². The van der Waals surface area contributed by atoms with E-state index >= 15 is 0 Å². The lowest BCUT2D eigenvalue weighted by molar-refractivity contribution is 0.112. The van der Waals surface area contributed by atoms with E-state index in [0.29, 0.717) is 11.5 Å². The lowest BCUT2D eigenvalue weighted by atomic mass is 10.1. The van der Waals surface area contributed by atoms with Gasteiger partial charge in [0.1, 0.15) is 0 Å². The number of aromatic nitrogens is 2. The molecule has 0 atom stereocenters. The molecule has 0 unspecified atom stereocenters. The second-order valence-corrected chi connectivity index (χ2v) is 4.68. The summed E-state index contributed by atoms with van der Waals surface area (Å²) in [5.41, 5.74) is 1.54. The van der Waals surface area contributed by atoms with Gasteiger partial charge in [0, 0.05) is 24.3 Å². The van der Waals surface area contributed by atoms with Gasteiger partial charge in [-0.2, -0.15) is 0 Å². The van der Waals surface area contributed by atoms with Gasteiger partial charge in [-0.3, -0.25) is 4.79 Å². The maximum absolute atomic E-state index is 10.7. The van der Waals surface area contributed by atoms with Crippen LogP contribution < -0.4 is 4.90 Å². The van der Waals surface area contributed by atoms with Crippen molar-refractivity contribution >= 4 is 28.7 Å². The van der Waals surface area contributed by atoms with Crippen molar-refractivity contribution in [1.82, 2.24) is 9.97 Å². The molecular weight excluding hydrogens is 262 g/mol. The average Bonchev–Trinajstić information content (AvgIpc) is 2.56. The van der Waals surface area contributed by atoms with Crippen LogP contribution >= 0.6 is 0 Å². The molecule has 2 aromatic carbocycles. The number of benzene rings is 2. The average molecular weight is 277 g/mol. The van der Waals surface area contributed by atoms with Crippen molar-refractivity contribution in [3.8, 4) is 0 Å². The number of anilines is 2. The Hall–Kier alpha value is -2.75. The van der Waals surface area contributed by atoms with Crippen molar-refractivity contribution < 1.29 is 4.79 Å². The maximum atomic E-state index is 10.7. The molecule has 0 bridgehead atoms. The van der Waals surface area contributed by atoms with E-state index in [1.165, 1.54) is 5.39 Å². The quantitative estimate of drug-likeness (QED) is 0.683. The van der Waals surface area contributed by atoms with Gasteiger partial charge in [-0.15, -0.1) is 0 Å². The first-order valence-corrected chi connectivity index (χ1v) is 6.86. The van der Waals surface area contributed by atoms with E-state index in [2.05, 4.69) is 41.2 Å². The highest BCUT2D eigenvalue weighted by Gasteiger charge is 2.12. The summed E-state index contributed by atoms with van der Waals surface area (Å²) in [6, 6.07) is 14.4. The van der Waals surface area contributed by atoms with Crippen LogP contribution in [0.5, 0.6) is 0 Å². The topological polar surface area (TPSA) is 46.1 Å². The van der Waals surface area contributed by atoms with E-state index in [0.717, 1.165) is 23.9 Å². The minimum absolute atomic E-state index is 0.479. The molecular formula is C17H15N3O. The maximum Gasteiger partial charge on any atom is 0.229 e. The lowest BCUT2D eigenvalue weighted by Crippen LogP contribution is -2.19. The minimum Gasteiger partial charge on any atom is -0.310 e. The number of hydrogen-bond acceptors (Lipinski definition) is 4. The number of carbonyl (C=O) groups excluding carboxylic acids is 1. The largest absolute Gasteiger partial charge is 0.310 e. The van der Waals surface area contributed by atoms with Gasteiger partial charge in [-0.05, 0) is 18.4 Å². The Kier molecular flexibility index (Phi) is 3.60. The van der Waals surface area contributed by atoms with Crippen LogP contribution in [0.4, 0.5) is 11.6 Å². The molecule has 4 nitrogen and oxygen atoms in total. The first-order valence-electron chi connectivity index (χ1n) is 6.86. The van der Waals surface area contributed by atoms with Crippen LogP contribution in [0.1, 0.15) is 17.3 Å². The SMILES string of the molecule is CCN(c1ncc(C=O)cn1)c1cccc2ccccc12. The third kappa shape index (κ3) is 2.48. The number of carbonyl (C=O) groups is 1. The number of hydrogen-bond donors (Lipinski definition) is 0. The molecule has 0 aliphatic heterocycles. The molecule has 104 valence electrons. The zero-order valence-electron chi connectivity index (χ0n) is 11.7. The Bertz CT molecular complexity index is 763.